The number of ether oxygens (including phenoxy) is 3. The SMILES string of the molecule is COc1cc(NC(=O)NC2CNCC2CC(N2CCC(Cc3ccc(Cl)cc3)CC2)S(C)(=O)=O)cc(OC)c1OC. The lowest BCUT2D eigenvalue weighted by Gasteiger charge is -2.38. The number of amides is 2. The van der Waals surface area contributed by atoms with Crippen LogP contribution in [-0.2, 0) is 16.3 Å². The van der Waals surface area contributed by atoms with Crippen molar-refractivity contribution < 1.29 is 27.4 Å². The smallest absolute Gasteiger partial charge is 0.319 e. The van der Waals surface area contributed by atoms with E-state index in [0.717, 1.165) is 37.4 Å². The van der Waals surface area contributed by atoms with Crippen molar-refractivity contribution in [1.82, 2.24) is 15.5 Å². The van der Waals surface area contributed by atoms with Gasteiger partial charge in [0.25, 0.3) is 0 Å². The van der Waals surface area contributed by atoms with Gasteiger partial charge in [0.1, 0.15) is 5.37 Å². The van der Waals surface area contributed by atoms with E-state index in [1.807, 2.05) is 12.1 Å². The number of likely N-dealkylation sites (tertiary alicyclic amines) is 1. The Balaban J connectivity index is 1.36. The normalized spacial score (nSPS) is 20.8. The van der Waals surface area contributed by atoms with Crippen LogP contribution in [0.1, 0.15) is 24.8 Å². The predicted octanol–water partition coefficient (Wildman–Crippen LogP) is 3.79. The van der Waals surface area contributed by atoms with E-state index in [0.29, 0.717) is 48.4 Å². The molecule has 10 nitrogen and oxygen atoms in total. The largest absolute Gasteiger partial charge is 0.493 e. The summed E-state index contributed by atoms with van der Waals surface area (Å²) in [6.45, 7) is 2.66. The maximum Gasteiger partial charge on any atom is 0.319 e. The average molecular weight is 609 g/mol. The van der Waals surface area contributed by atoms with E-state index in [9.17, 15) is 13.2 Å². The number of nitrogens with one attached hydrogen (secondary N) is 3. The number of benzene rings is 2. The molecule has 2 aliphatic heterocycles. The summed E-state index contributed by atoms with van der Waals surface area (Å²) in [4.78, 5) is 15.1. The molecule has 2 aromatic rings. The van der Waals surface area contributed by atoms with E-state index in [1.54, 1.807) is 12.1 Å². The molecule has 2 heterocycles. The number of anilines is 1. The van der Waals surface area contributed by atoms with Crippen LogP contribution in [0.2, 0.25) is 5.02 Å². The quantitative estimate of drug-likeness (QED) is 0.353. The standard InChI is InChI=1S/C29H41ClN4O6S/c1-38-25-15-23(16-26(39-2)28(25)40-3)32-29(35)33-24-18-31-17-21(24)14-27(41(4,36)37)34-11-9-20(10-12-34)13-19-5-7-22(30)8-6-19/h5-8,15-16,20-21,24,27,31H,9-14,17-18H2,1-4H3,(H2,32,33,35). The molecule has 0 spiro atoms. The van der Waals surface area contributed by atoms with Crippen molar-refractivity contribution in [2.75, 3.05) is 59.1 Å². The highest BCUT2D eigenvalue weighted by atomic mass is 35.5. The van der Waals surface area contributed by atoms with Crippen LogP contribution in [0.4, 0.5) is 10.5 Å². The number of carbonyl (C=O) groups is 1. The molecular weight excluding hydrogens is 568 g/mol. The topological polar surface area (TPSA) is 118 Å². The molecule has 3 atom stereocenters. The molecule has 2 aliphatic rings. The molecule has 226 valence electrons. The lowest BCUT2D eigenvalue weighted by Crippen LogP contribution is -2.49. The minimum absolute atomic E-state index is 0.0350. The summed E-state index contributed by atoms with van der Waals surface area (Å²) in [5, 5.41) is 9.32. The minimum atomic E-state index is -3.34. The zero-order chi connectivity index (χ0) is 29.6. The highest BCUT2D eigenvalue weighted by Gasteiger charge is 2.37. The van der Waals surface area contributed by atoms with Gasteiger partial charge < -0.3 is 30.2 Å². The molecule has 4 rings (SSSR count). The van der Waals surface area contributed by atoms with Crippen molar-refractivity contribution in [2.24, 2.45) is 11.8 Å². The Morgan fingerprint density at radius 3 is 2.24 bits per heavy atom. The van der Waals surface area contributed by atoms with Gasteiger partial charge in [0, 0.05) is 42.5 Å². The molecule has 12 heteroatoms. The van der Waals surface area contributed by atoms with Gasteiger partial charge in [0.15, 0.2) is 21.3 Å². The second-order valence-electron chi connectivity index (χ2n) is 10.9. The first-order valence-corrected chi connectivity index (χ1v) is 16.2. The molecule has 0 bridgehead atoms. The molecular formula is C29H41ClN4O6S. The molecule has 0 aliphatic carbocycles. The molecule has 2 amide bonds. The number of piperidine rings is 1. The molecule has 41 heavy (non-hydrogen) atoms. The van der Waals surface area contributed by atoms with Gasteiger partial charge in [-0.25, -0.2) is 13.2 Å². The number of sulfone groups is 1. The maximum atomic E-state index is 13.0. The van der Waals surface area contributed by atoms with Crippen LogP contribution in [0.3, 0.4) is 0 Å². The Morgan fingerprint density at radius 1 is 1.05 bits per heavy atom. The fourth-order valence-electron chi connectivity index (χ4n) is 5.89. The number of carbonyl (C=O) groups excluding carboxylic acids is 1. The predicted molar refractivity (Wildman–Crippen MR) is 161 cm³/mol. The lowest BCUT2D eigenvalue weighted by atomic mass is 9.89. The van der Waals surface area contributed by atoms with Gasteiger partial charge in [-0.2, -0.15) is 0 Å². The van der Waals surface area contributed by atoms with Gasteiger partial charge in [0.2, 0.25) is 5.75 Å². The summed E-state index contributed by atoms with van der Waals surface area (Å²) in [6, 6.07) is 10.6. The third kappa shape index (κ3) is 8.18. The zero-order valence-corrected chi connectivity index (χ0v) is 25.7. The number of rotatable bonds is 11. The lowest BCUT2D eigenvalue weighted by molar-refractivity contribution is 0.151. The number of hydrogen-bond donors (Lipinski definition) is 3. The molecule has 3 N–H and O–H groups in total. The molecule has 2 saturated heterocycles. The van der Waals surface area contributed by atoms with Gasteiger partial charge in [-0.05, 0) is 68.3 Å². The third-order valence-electron chi connectivity index (χ3n) is 8.07. The second-order valence-corrected chi connectivity index (χ2v) is 13.5. The molecule has 0 aromatic heterocycles. The fourth-order valence-corrected chi connectivity index (χ4v) is 7.37. The summed E-state index contributed by atoms with van der Waals surface area (Å²) in [7, 11) is 1.19. The molecule has 2 aromatic carbocycles. The van der Waals surface area contributed by atoms with Crippen LogP contribution >= 0.6 is 11.6 Å². The van der Waals surface area contributed by atoms with E-state index in [1.165, 1.54) is 33.1 Å². The van der Waals surface area contributed by atoms with Crippen LogP contribution in [0.15, 0.2) is 36.4 Å². The first-order valence-electron chi connectivity index (χ1n) is 13.9. The van der Waals surface area contributed by atoms with Crippen LogP contribution < -0.4 is 30.2 Å². The Kier molecular flexibility index (Phi) is 10.6. The first kappa shape index (κ1) is 31.2. The van der Waals surface area contributed by atoms with E-state index >= 15 is 0 Å². The molecule has 3 unspecified atom stereocenters. The van der Waals surface area contributed by atoms with Gasteiger partial charge in [-0.1, -0.05) is 23.7 Å². The molecule has 2 fully saturated rings. The van der Waals surface area contributed by atoms with Gasteiger partial charge in [-0.15, -0.1) is 0 Å². The fraction of sp³-hybridized carbons (Fsp3) is 0.552. The van der Waals surface area contributed by atoms with Crippen molar-refractivity contribution in [3.63, 3.8) is 0 Å². The Labute approximate surface area is 248 Å². The Morgan fingerprint density at radius 2 is 1.68 bits per heavy atom. The third-order valence-corrected chi connectivity index (χ3v) is 9.80. The first-order chi connectivity index (χ1) is 19.6. The highest BCUT2D eigenvalue weighted by Crippen LogP contribution is 2.40. The summed E-state index contributed by atoms with van der Waals surface area (Å²) >= 11 is 6.02. The second kappa shape index (κ2) is 14.0. The van der Waals surface area contributed by atoms with E-state index < -0.39 is 21.2 Å². The molecule has 0 radical (unpaired) electrons. The average Bonchev–Trinajstić information content (AvgIpc) is 3.38. The van der Waals surface area contributed by atoms with Crippen LogP contribution in [0.25, 0.3) is 0 Å². The highest BCUT2D eigenvalue weighted by molar-refractivity contribution is 7.91. The van der Waals surface area contributed by atoms with Gasteiger partial charge in [0.05, 0.1) is 27.0 Å². The minimum Gasteiger partial charge on any atom is -0.493 e. The van der Waals surface area contributed by atoms with E-state index in [2.05, 4.69) is 33.0 Å². The molecule has 0 saturated carbocycles. The number of urea groups is 1. The van der Waals surface area contributed by atoms with E-state index in [-0.39, 0.29) is 12.0 Å². The van der Waals surface area contributed by atoms with Gasteiger partial charge in [-0.3, -0.25) is 4.90 Å². The van der Waals surface area contributed by atoms with Crippen molar-refractivity contribution in [1.29, 1.82) is 0 Å². The summed E-state index contributed by atoms with van der Waals surface area (Å²) in [6.07, 6.45) is 4.61. The maximum absolute atomic E-state index is 13.0. The number of hydrogen-bond acceptors (Lipinski definition) is 8. The van der Waals surface area contributed by atoms with Crippen molar-refractivity contribution in [3.05, 3.63) is 47.0 Å². The Bertz CT molecular complexity index is 1260. The van der Waals surface area contributed by atoms with Crippen LogP contribution in [0, 0.1) is 11.8 Å². The monoisotopic (exact) mass is 608 g/mol. The van der Waals surface area contributed by atoms with Crippen molar-refractivity contribution in [2.45, 2.75) is 37.1 Å². The zero-order valence-electron chi connectivity index (χ0n) is 24.1. The summed E-state index contributed by atoms with van der Waals surface area (Å²) < 4.78 is 42.0. The number of nitrogens with zero attached hydrogens (tertiary/aromatic N) is 1. The Hall–Kier alpha value is -2.73. The summed E-state index contributed by atoms with van der Waals surface area (Å²) in [5.74, 6) is 1.76. The van der Waals surface area contributed by atoms with Crippen LogP contribution in [-0.4, -0.2) is 84.5 Å². The van der Waals surface area contributed by atoms with Gasteiger partial charge >= 0.3 is 6.03 Å². The van der Waals surface area contributed by atoms with E-state index in [4.69, 9.17) is 25.8 Å². The number of methoxy groups -OCH3 is 3. The van der Waals surface area contributed by atoms with Crippen LogP contribution in [0.5, 0.6) is 17.2 Å². The number of halogens is 1. The van der Waals surface area contributed by atoms with Crippen molar-refractivity contribution >= 4 is 33.2 Å². The summed E-state index contributed by atoms with van der Waals surface area (Å²) in [5.41, 5.74) is 1.73. The van der Waals surface area contributed by atoms with Crippen molar-refractivity contribution in [3.8, 4) is 17.2 Å².